The van der Waals surface area contributed by atoms with Crippen LogP contribution >= 0.6 is 0 Å². The number of carbonyl (C=O) groups is 6. The average molecular weight is 1540 g/mol. The molecular formula is C72H114O15Tb2. The van der Waals surface area contributed by atoms with E-state index in [9.17, 15) is 28.8 Å². The fourth-order valence-corrected chi connectivity index (χ4v) is 10.2. The largest absolute Gasteiger partial charge is 0.494 e. The van der Waals surface area contributed by atoms with E-state index in [-0.39, 0.29) is 111 Å². The minimum Gasteiger partial charge on any atom is -0.494 e. The van der Waals surface area contributed by atoms with Crippen molar-refractivity contribution in [2.24, 2.45) is 0 Å². The van der Waals surface area contributed by atoms with E-state index in [1.165, 1.54) is 268 Å². The fraction of sp³-hybridized carbons (Fsp3) is 0.667. The Hall–Kier alpha value is -3.55. The van der Waals surface area contributed by atoms with E-state index in [1.54, 1.807) is 0 Å². The molecule has 510 valence electrons. The smallest absolute Gasteiger partial charge is 0.335 e. The SMILES string of the molecule is CCCCCCCCCCCCCCCCOc1cc(C(=O)O)cc(C(=O)O)c1.CCCCCCCCCCCCCCCCOc1cc(C(=O)O)cc(C(=O)O)c1.CCCCCCCCCCCCCCCCOc1cc(C(=O)O)cc(C(=O)O)c1.[Tb].[Tb]. The Bertz CT molecular complexity index is 1960. The van der Waals surface area contributed by atoms with E-state index < -0.39 is 35.8 Å². The van der Waals surface area contributed by atoms with Crippen LogP contribution in [0.4, 0.5) is 0 Å². The Balaban J connectivity index is 0. The maximum Gasteiger partial charge on any atom is 0.335 e. The number of aromatic carboxylic acids is 6. The van der Waals surface area contributed by atoms with Gasteiger partial charge in [0.1, 0.15) is 17.2 Å². The number of ether oxygens (including phenoxy) is 3. The first kappa shape index (κ1) is 87.5. The van der Waals surface area contributed by atoms with E-state index in [0.717, 1.165) is 56.7 Å². The van der Waals surface area contributed by atoms with Gasteiger partial charge in [0.2, 0.25) is 0 Å². The molecule has 0 atom stereocenters. The van der Waals surface area contributed by atoms with Gasteiger partial charge in [0.25, 0.3) is 0 Å². The molecule has 17 heteroatoms. The molecule has 0 spiro atoms. The molecule has 0 aliphatic carbocycles. The summed E-state index contributed by atoms with van der Waals surface area (Å²) in [5, 5.41) is 54.4. The van der Waals surface area contributed by atoms with Crippen molar-refractivity contribution >= 4 is 35.8 Å². The zero-order chi connectivity index (χ0) is 64.0. The molecule has 3 aromatic rings. The molecule has 0 amide bonds. The number of carboxylic acid groups (broad SMARTS) is 6. The Labute approximate surface area is 596 Å². The van der Waals surface area contributed by atoms with Gasteiger partial charge in [-0.2, -0.15) is 0 Å². The van der Waals surface area contributed by atoms with E-state index >= 15 is 0 Å². The van der Waals surface area contributed by atoms with Gasteiger partial charge in [0.05, 0.1) is 53.2 Å². The van der Waals surface area contributed by atoms with Gasteiger partial charge in [-0.3, -0.25) is 0 Å². The summed E-state index contributed by atoms with van der Waals surface area (Å²) in [5.74, 6) is -6.04. The van der Waals surface area contributed by atoms with Gasteiger partial charge in [0, 0.05) is 77.2 Å². The molecule has 0 heterocycles. The summed E-state index contributed by atoms with van der Waals surface area (Å²) in [6.45, 7) is 8.18. The molecular weight excluding hydrogens is 1420 g/mol. The summed E-state index contributed by atoms with van der Waals surface area (Å²) >= 11 is 0. The predicted octanol–water partition coefficient (Wildman–Crippen LogP) is 20.8. The molecule has 89 heavy (non-hydrogen) atoms. The molecule has 0 fully saturated rings. The minimum absolute atomic E-state index is 0. The predicted molar refractivity (Wildman–Crippen MR) is 349 cm³/mol. The van der Waals surface area contributed by atoms with Crippen molar-refractivity contribution in [3.8, 4) is 17.2 Å². The summed E-state index contributed by atoms with van der Waals surface area (Å²) in [7, 11) is 0. The summed E-state index contributed by atoms with van der Waals surface area (Å²) < 4.78 is 16.7. The number of hydrogen-bond donors (Lipinski definition) is 6. The monoisotopic (exact) mass is 1540 g/mol. The maximum atomic E-state index is 11.1. The number of carboxylic acids is 6. The Morgan fingerprint density at radius 1 is 0.225 bits per heavy atom. The Kier molecular flexibility index (Phi) is 59.7. The molecule has 2 radical (unpaired) electrons. The summed E-state index contributed by atoms with van der Waals surface area (Å²) in [4.78, 5) is 66.6. The molecule has 0 aliphatic heterocycles. The quantitative estimate of drug-likeness (QED) is 0.0288. The van der Waals surface area contributed by atoms with E-state index in [0.29, 0.717) is 37.1 Å². The molecule has 15 nitrogen and oxygen atoms in total. The second-order valence-corrected chi connectivity index (χ2v) is 23.4. The molecule has 6 N–H and O–H groups in total. The molecule has 0 aliphatic rings. The summed E-state index contributed by atoms with van der Waals surface area (Å²) in [6, 6.07) is 11.7. The van der Waals surface area contributed by atoms with Gasteiger partial charge >= 0.3 is 35.8 Å². The third-order valence-electron chi connectivity index (χ3n) is 15.5. The Morgan fingerprint density at radius 3 is 0.472 bits per heavy atom. The third-order valence-corrected chi connectivity index (χ3v) is 15.5. The third kappa shape index (κ3) is 49.7. The molecule has 0 bridgehead atoms. The molecule has 0 saturated heterocycles. The summed E-state index contributed by atoms with van der Waals surface area (Å²) in [5.41, 5.74) is -0.412. The topological polar surface area (TPSA) is 251 Å². The number of rotatable bonds is 54. The molecule has 0 saturated carbocycles. The minimum atomic E-state index is -1.16. The first-order valence-electron chi connectivity index (χ1n) is 33.9. The summed E-state index contributed by atoms with van der Waals surface area (Å²) in [6.07, 6.45) is 53.9. The van der Waals surface area contributed by atoms with Gasteiger partial charge in [-0.1, -0.05) is 271 Å². The van der Waals surface area contributed by atoms with Gasteiger partial charge in [-0.05, 0) is 73.9 Å². The van der Waals surface area contributed by atoms with Gasteiger partial charge in [-0.15, -0.1) is 0 Å². The van der Waals surface area contributed by atoms with E-state index in [2.05, 4.69) is 20.8 Å². The van der Waals surface area contributed by atoms with Crippen LogP contribution < -0.4 is 14.2 Å². The normalized spacial score (nSPS) is 10.6. The molecule has 0 unspecified atom stereocenters. The van der Waals surface area contributed by atoms with Crippen molar-refractivity contribution in [2.75, 3.05) is 19.8 Å². The van der Waals surface area contributed by atoms with Crippen LogP contribution in [0, 0.1) is 77.2 Å². The van der Waals surface area contributed by atoms with Crippen molar-refractivity contribution in [3.63, 3.8) is 0 Å². The van der Waals surface area contributed by atoms with Crippen LogP contribution in [0.5, 0.6) is 17.2 Å². The van der Waals surface area contributed by atoms with Crippen LogP contribution in [-0.4, -0.2) is 86.3 Å². The van der Waals surface area contributed by atoms with E-state index in [1.807, 2.05) is 0 Å². The first-order chi connectivity index (χ1) is 42.1. The van der Waals surface area contributed by atoms with Crippen molar-refractivity contribution in [1.82, 2.24) is 0 Å². The average Bonchev–Trinajstić information content (AvgIpc) is 3.37. The molecule has 3 aromatic carbocycles. The fourth-order valence-electron chi connectivity index (χ4n) is 10.2. The van der Waals surface area contributed by atoms with E-state index in [4.69, 9.17) is 44.8 Å². The second kappa shape index (κ2) is 60.7. The van der Waals surface area contributed by atoms with Crippen LogP contribution in [0.1, 0.15) is 353 Å². The number of hydrogen-bond acceptors (Lipinski definition) is 9. The second-order valence-electron chi connectivity index (χ2n) is 23.4. The van der Waals surface area contributed by atoms with Gasteiger partial charge < -0.3 is 44.8 Å². The number of benzene rings is 3. The van der Waals surface area contributed by atoms with Crippen LogP contribution in [0.3, 0.4) is 0 Å². The standard InChI is InChI=1S/3C24H38O5.2Tb/c3*1-2-3-4-5-6-7-8-9-10-11-12-13-14-15-16-29-22-18-20(23(25)26)17-21(19-22)24(27)28;;/h3*17-19H,2-16H2,1H3,(H,25,26)(H,27,28);;. The zero-order valence-electron chi connectivity index (χ0n) is 54.5. The number of unbranched alkanes of at least 4 members (excludes halogenated alkanes) is 39. The molecule has 0 aromatic heterocycles. The Morgan fingerprint density at radius 2 is 0.348 bits per heavy atom. The van der Waals surface area contributed by atoms with Crippen molar-refractivity contribution in [3.05, 3.63) is 88.0 Å². The van der Waals surface area contributed by atoms with Crippen LogP contribution in [0.2, 0.25) is 0 Å². The van der Waals surface area contributed by atoms with Crippen LogP contribution in [-0.2, 0) is 0 Å². The van der Waals surface area contributed by atoms with Crippen LogP contribution in [0.25, 0.3) is 0 Å². The molecule has 3 rings (SSSR count). The van der Waals surface area contributed by atoms with Crippen LogP contribution in [0.15, 0.2) is 54.6 Å². The zero-order valence-corrected chi connectivity index (χ0v) is 58.8. The first-order valence-corrected chi connectivity index (χ1v) is 33.9. The van der Waals surface area contributed by atoms with Crippen molar-refractivity contribution < 1.29 is 151 Å². The van der Waals surface area contributed by atoms with Crippen molar-refractivity contribution in [1.29, 1.82) is 0 Å². The van der Waals surface area contributed by atoms with Crippen molar-refractivity contribution in [2.45, 2.75) is 290 Å². The van der Waals surface area contributed by atoms with Gasteiger partial charge in [0.15, 0.2) is 0 Å². The maximum absolute atomic E-state index is 11.1. The van der Waals surface area contributed by atoms with Gasteiger partial charge in [-0.25, -0.2) is 28.8 Å².